The molecule has 1 N–H and O–H groups in total. The summed E-state index contributed by atoms with van der Waals surface area (Å²) in [5.41, 5.74) is -0.750. The monoisotopic (exact) mass is 227 g/mol. The molecular formula is C7H4CuN2O3. The smallest absolute Gasteiger partial charge is 0.382 e. The van der Waals surface area contributed by atoms with Crippen molar-refractivity contribution < 1.29 is 31.8 Å². The molecule has 0 aliphatic carbocycles. The van der Waals surface area contributed by atoms with Gasteiger partial charge in [0.1, 0.15) is 11.4 Å². The van der Waals surface area contributed by atoms with Crippen LogP contribution in [0.15, 0.2) is 11.5 Å². The van der Waals surface area contributed by atoms with Crippen LogP contribution in [0, 0.1) is 13.1 Å². The minimum absolute atomic E-state index is 0. The average Bonchev–Trinajstić information content (AvgIpc) is 2.03. The average molecular weight is 228 g/mol. The van der Waals surface area contributed by atoms with Gasteiger partial charge in [0.25, 0.3) is 0 Å². The summed E-state index contributed by atoms with van der Waals surface area (Å²) in [6, 6.07) is 0. The number of aliphatic hydroxyl groups excluding tert-OH is 1. The Morgan fingerprint density at radius 2 is 1.69 bits per heavy atom. The van der Waals surface area contributed by atoms with Gasteiger partial charge in [0.05, 0.1) is 13.1 Å². The molecule has 1 radical (unpaired) electrons. The van der Waals surface area contributed by atoms with Crippen molar-refractivity contribution in [2.75, 3.05) is 0 Å². The van der Waals surface area contributed by atoms with Crippen LogP contribution >= 0.6 is 0 Å². The van der Waals surface area contributed by atoms with Gasteiger partial charge < -0.3 is 9.90 Å². The Morgan fingerprint density at radius 1 is 1.23 bits per heavy atom. The van der Waals surface area contributed by atoms with Gasteiger partial charge in [0, 0.05) is 17.1 Å². The third-order valence-electron chi connectivity index (χ3n) is 0.997. The molecule has 0 heterocycles. The Bertz CT molecular complexity index is 346. The van der Waals surface area contributed by atoms with Crippen LogP contribution in [0.25, 0.3) is 9.69 Å². The first-order chi connectivity index (χ1) is 5.54. The topological polar surface area (TPSA) is 63.1 Å². The Hall–Kier alpha value is -1.62. The third kappa shape index (κ3) is 3.52. The van der Waals surface area contributed by atoms with Gasteiger partial charge in [-0.05, 0) is 6.92 Å². The van der Waals surface area contributed by atoms with E-state index in [4.69, 9.17) is 18.3 Å². The van der Waals surface area contributed by atoms with Crippen LogP contribution in [0.4, 0.5) is 0 Å². The zero-order chi connectivity index (χ0) is 9.72. The van der Waals surface area contributed by atoms with Crippen molar-refractivity contribution in [3.8, 4) is 0 Å². The van der Waals surface area contributed by atoms with E-state index < -0.39 is 23.1 Å². The van der Waals surface area contributed by atoms with E-state index in [0.29, 0.717) is 0 Å². The molecule has 0 spiro atoms. The fourth-order valence-electron chi connectivity index (χ4n) is 0.515. The maximum atomic E-state index is 10.6. The van der Waals surface area contributed by atoms with Crippen LogP contribution in [0.3, 0.4) is 0 Å². The van der Waals surface area contributed by atoms with E-state index >= 15 is 0 Å². The maximum absolute atomic E-state index is 10.6. The summed E-state index contributed by atoms with van der Waals surface area (Å²) in [5, 5.41) is 8.73. The minimum atomic E-state index is -1.21. The van der Waals surface area contributed by atoms with Gasteiger partial charge in [-0.1, -0.05) is 0 Å². The van der Waals surface area contributed by atoms with Crippen molar-refractivity contribution in [2.24, 2.45) is 0 Å². The Labute approximate surface area is 85.2 Å². The molecule has 0 bridgehead atoms. The predicted octanol–water partition coefficient (Wildman–Crippen LogP) is 0.708. The number of ketones is 1. The molecule has 0 aromatic rings. The first-order valence-corrected chi connectivity index (χ1v) is 2.78. The van der Waals surface area contributed by atoms with Crippen molar-refractivity contribution in [3.05, 3.63) is 34.3 Å². The third-order valence-corrected chi connectivity index (χ3v) is 0.997. The summed E-state index contributed by atoms with van der Waals surface area (Å²) >= 11 is 0. The second-order valence-corrected chi connectivity index (χ2v) is 1.78. The Balaban J connectivity index is 0. The fraction of sp³-hybridized carbons (Fsp3) is 0.143. The van der Waals surface area contributed by atoms with E-state index in [-0.39, 0.29) is 17.1 Å². The van der Waals surface area contributed by atoms with Crippen molar-refractivity contribution in [2.45, 2.75) is 6.92 Å². The van der Waals surface area contributed by atoms with Gasteiger partial charge in [-0.15, -0.1) is 0 Å². The number of amides is 1. The number of carbonyl (C=O) groups is 2. The van der Waals surface area contributed by atoms with E-state index in [9.17, 15) is 9.59 Å². The number of carbonyl (C=O) groups excluding carboxylic acids is 2. The molecule has 5 nitrogen and oxygen atoms in total. The first kappa shape index (κ1) is 13.9. The molecule has 0 atom stereocenters. The molecule has 0 saturated heterocycles. The SMILES string of the molecule is [C-]#[N+]C(=O)/C(C(C)=O)=C(\O)[N+]#[C-].[Cu]. The summed E-state index contributed by atoms with van der Waals surface area (Å²) in [6.45, 7) is 13.6. The van der Waals surface area contributed by atoms with Crippen molar-refractivity contribution in [1.29, 1.82) is 0 Å². The number of Topliss-reactive ketones (excluding diaryl/α,β-unsaturated/α-hetero) is 1. The number of rotatable bonds is 2. The van der Waals surface area contributed by atoms with Crippen LogP contribution < -0.4 is 0 Å². The van der Waals surface area contributed by atoms with Gasteiger partial charge in [-0.2, -0.15) is 9.69 Å². The Morgan fingerprint density at radius 3 is 1.92 bits per heavy atom. The second kappa shape index (κ2) is 5.96. The van der Waals surface area contributed by atoms with Gasteiger partial charge in [-0.3, -0.25) is 4.79 Å². The molecule has 1 amide bonds. The second-order valence-electron chi connectivity index (χ2n) is 1.78. The zero-order valence-electron chi connectivity index (χ0n) is 6.46. The largest absolute Gasteiger partial charge is 0.532 e. The molecule has 0 fully saturated rings. The predicted molar refractivity (Wildman–Crippen MR) is 38.5 cm³/mol. The summed E-state index contributed by atoms with van der Waals surface area (Å²) in [4.78, 5) is 26.1. The van der Waals surface area contributed by atoms with Gasteiger partial charge in [0.15, 0.2) is 0 Å². The van der Waals surface area contributed by atoms with Crippen LogP contribution in [0.5, 0.6) is 0 Å². The quantitative estimate of drug-likeness (QED) is 0.189. The molecule has 0 unspecified atom stereocenters. The summed E-state index contributed by atoms with van der Waals surface area (Å²) < 4.78 is 0. The number of nitrogens with zero attached hydrogens (tertiary/aromatic N) is 2. The minimum Gasteiger partial charge on any atom is -0.532 e. The number of hydrogen-bond donors (Lipinski definition) is 1. The molecule has 6 heteroatoms. The van der Waals surface area contributed by atoms with Crippen molar-refractivity contribution in [3.63, 3.8) is 0 Å². The Kier molecular flexibility index (Phi) is 6.39. The van der Waals surface area contributed by atoms with Crippen LogP contribution in [-0.2, 0) is 26.7 Å². The van der Waals surface area contributed by atoms with E-state index in [1.165, 1.54) is 0 Å². The number of aliphatic hydroxyl groups is 1. The summed E-state index contributed by atoms with van der Waals surface area (Å²) in [7, 11) is 0. The zero-order valence-corrected chi connectivity index (χ0v) is 7.40. The van der Waals surface area contributed by atoms with Crippen LogP contribution in [-0.4, -0.2) is 16.8 Å². The molecule has 0 aromatic heterocycles. The molecule has 0 rings (SSSR count). The standard InChI is InChI=1S/C7H4N2O3.Cu/c1-4(10)5(6(11)8-2)7(12)9-3;/h11H,1H3;/b6-5-;. The van der Waals surface area contributed by atoms with Crippen molar-refractivity contribution in [1.82, 2.24) is 0 Å². The van der Waals surface area contributed by atoms with E-state index in [2.05, 4.69) is 9.69 Å². The first-order valence-electron chi connectivity index (χ1n) is 2.78. The summed E-state index contributed by atoms with van der Waals surface area (Å²) in [6.07, 6.45) is 0. The normalized spacial score (nSPS) is 9.77. The molecule has 71 valence electrons. The molecule has 0 aliphatic rings. The fourth-order valence-corrected chi connectivity index (χ4v) is 0.515. The molecule has 0 aromatic carbocycles. The molecule has 0 aliphatic heterocycles. The van der Waals surface area contributed by atoms with Crippen LogP contribution in [0.1, 0.15) is 6.92 Å². The van der Waals surface area contributed by atoms with Gasteiger partial charge in [-0.25, -0.2) is 0 Å². The van der Waals surface area contributed by atoms with Gasteiger partial charge >= 0.3 is 11.8 Å². The van der Waals surface area contributed by atoms with Gasteiger partial charge in [0.2, 0.25) is 0 Å². The van der Waals surface area contributed by atoms with E-state index in [0.717, 1.165) is 6.92 Å². The number of hydrogen-bond acceptors (Lipinski definition) is 3. The molecule has 0 saturated carbocycles. The molecular weight excluding hydrogens is 224 g/mol. The molecule has 13 heavy (non-hydrogen) atoms. The van der Waals surface area contributed by atoms with E-state index in [1.807, 2.05) is 0 Å². The van der Waals surface area contributed by atoms with Crippen LogP contribution in [0.2, 0.25) is 0 Å². The summed E-state index contributed by atoms with van der Waals surface area (Å²) in [5.74, 6) is -3.02. The maximum Gasteiger partial charge on any atom is 0.382 e. The van der Waals surface area contributed by atoms with E-state index in [1.54, 1.807) is 0 Å². The van der Waals surface area contributed by atoms with Crippen molar-refractivity contribution >= 4 is 11.7 Å².